The summed E-state index contributed by atoms with van der Waals surface area (Å²) in [6.45, 7) is 0.404. The van der Waals surface area contributed by atoms with Gasteiger partial charge in [-0.15, -0.1) is 11.3 Å². The third-order valence-corrected chi connectivity index (χ3v) is 7.09. The van der Waals surface area contributed by atoms with Gasteiger partial charge in [-0.3, -0.25) is 14.3 Å². The first-order valence-electron chi connectivity index (χ1n) is 10.6. The molecule has 1 atom stereocenters. The second-order valence-corrected chi connectivity index (χ2v) is 9.88. The fourth-order valence-corrected chi connectivity index (χ4v) is 4.68. The molecule has 2 aromatic carbocycles. The number of nitrogens with zero attached hydrogens (tertiary/aromatic N) is 1. The van der Waals surface area contributed by atoms with Gasteiger partial charge in [0.1, 0.15) is 0 Å². The minimum atomic E-state index is -2.25. The topological polar surface area (TPSA) is 106 Å². The van der Waals surface area contributed by atoms with Crippen LogP contribution in [0.2, 0.25) is 0 Å². The van der Waals surface area contributed by atoms with Crippen LogP contribution in [0.3, 0.4) is 0 Å². The standard InChI is InChI=1S/C25H25N4O3PS/c1-32-33(31)28-16-21-15-27-11-10-19(21)13-17-4-6-18(7-5-17)25(30)29-23-14-20(8-9-22(23)26)24-3-2-12-34-24/h2-12,14-15,33H,13,16,26H2,1H3,(H,28,31)(H,29,30). The van der Waals surface area contributed by atoms with Crippen LogP contribution in [0.1, 0.15) is 27.0 Å². The largest absolute Gasteiger partial charge is 0.397 e. The number of pyridine rings is 1. The molecule has 34 heavy (non-hydrogen) atoms. The minimum Gasteiger partial charge on any atom is -0.397 e. The Morgan fingerprint density at radius 1 is 1.12 bits per heavy atom. The molecular weight excluding hydrogens is 467 g/mol. The molecule has 0 spiro atoms. The predicted molar refractivity (Wildman–Crippen MR) is 138 cm³/mol. The van der Waals surface area contributed by atoms with E-state index in [1.54, 1.807) is 41.9 Å². The Balaban J connectivity index is 1.44. The lowest BCUT2D eigenvalue weighted by atomic mass is 10.0. The van der Waals surface area contributed by atoms with Crippen molar-refractivity contribution in [3.05, 3.63) is 101 Å². The highest BCUT2D eigenvalue weighted by Crippen LogP contribution is 2.30. The van der Waals surface area contributed by atoms with Crippen LogP contribution in [0.4, 0.5) is 11.4 Å². The van der Waals surface area contributed by atoms with Crippen LogP contribution in [0.25, 0.3) is 10.4 Å². The average molecular weight is 493 g/mol. The fourth-order valence-electron chi connectivity index (χ4n) is 3.48. The van der Waals surface area contributed by atoms with Crippen molar-refractivity contribution in [2.24, 2.45) is 0 Å². The summed E-state index contributed by atoms with van der Waals surface area (Å²) in [7, 11) is -0.847. The number of carbonyl (C=O) groups is 1. The molecule has 0 aliphatic rings. The van der Waals surface area contributed by atoms with E-state index in [2.05, 4.69) is 15.4 Å². The summed E-state index contributed by atoms with van der Waals surface area (Å²) < 4.78 is 16.4. The highest BCUT2D eigenvalue weighted by Gasteiger charge is 2.11. The predicted octanol–water partition coefficient (Wildman–Crippen LogP) is 5.36. The molecule has 2 aromatic heterocycles. The Morgan fingerprint density at radius 2 is 1.94 bits per heavy atom. The van der Waals surface area contributed by atoms with Gasteiger partial charge in [-0.25, -0.2) is 5.09 Å². The number of hydrogen-bond acceptors (Lipinski definition) is 6. The highest BCUT2D eigenvalue weighted by atomic mass is 32.1. The molecule has 9 heteroatoms. The number of anilines is 2. The van der Waals surface area contributed by atoms with Gasteiger partial charge in [0.05, 0.1) is 11.4 Å². The van der Waals surface area contributed by atoms with Crippen molar-refractivity contribution in [3.63, 3.8) is 0 Å². The van der Waals surface area contributed by atoms with Crippen molar-refractivity contribution in [2.45, 2.75) is 13.0 Å². The normalized spacial score (nSPS) is 11.8. The summed E-state index contributed by atoms with van der Waals surface area (Å²) in [6.07, 6.45) is 4.14. The molecule has 0 fully saturated rings. The number of nitrogen functional groups attached to an aromatic ring is 1. The second-order valence-electron chi connectivity index (χ2n) is 7.60. The van der Waals surface area contributed by atoms with Gasteiger partial charge in [-0.1, -0.05) is 24.3 Å². The maximum Gasteiger partial charge on any atom is 0.258 e. The van der Waals surface area contributed by atoms with E-state index in [0.717, 1.165) is 27.1 Å². The van der Waals surface area contributed by atoms with Crippen molar-refractivity contribution in [2.75, 3.05) is 18.2 Å². The number of thiophene rings is 1. The Bertz CT molecular complexity index is 1290. The summed E-state index contributed by atoms with van der Waals surface area (Å²) >= 11 is 1.63. The van der Waals surface area contributed by atoms with Crippen molar-refractivity contribution < 1.29 is 13.9 Å². The highest BCUT2D eigenvalue weighted by molar-refractivity contribution is 7.36. The van der Waals surface area contributed by atoms with Gasteiger partial charge in [0.2, 0.25) is 0 Å². The number of amides is 1. The number of nitrogens with two attached hydrogens (primary N) is 1. The monoisotopic (exact) mass is 492 g/mol. The molecule has 0 aliphatic carbocycles. The second kappa shape index (κ2) is 11.2. The summed E-state index contributed by atoms with van der Waals surface area (Å²) in [5.74, 6) is -0.222. The molecule has 4 N–H and O–H groups in total. The SMILES string of the molecule is CO[PH](=O)NCc1cnccc1Cc1ccc(C(=O)Nc2cc(-c3cccs3)ccc2N)cc1. The van der Waals surface area contributed by atoms with Crippen LogP contribution in [0.15, 0.2) is 78.4 Å². The first-order valence-corrected chi connectivity index (χ1v) is 12.8. The van der Waals surface area contributed by atoms with Crippen molar-refractivity contribution in [1.29, 1.82) is 0 Å². The summed E-state index contributed by atoms with van der Waals surface area (Å²) in [5.41, 5.74) is 11.8. The van der Waals surface area contributed by atoms with Crippen LogP contribution >= 0.6 is 19.5 Å². The van der Waals surface area contributed by atoms with Gasteiger partial charge in [0.15, 0.2) is 0 Å². The quantitative estimate of drug-likeness (QED) is 0.215. The number of rotatable bonds is 9. The third-order valence-electron chi connectivity index (χ3n) is 5.33. The molecule has 0 radical (unpaired) electrons. The first kappa shape index (κ1) is 23.9. The summed E-state index contributed by atoms with van der Waals surface area (Å²) in [5, 5.41) is 7.80. The number of carbonyl (C=O) groups excluding carboxylic acids is 1. The van der Waals surface area contributed by atoms with E-state index in [1.165, 1.54) is 7.11 Å². The minimum absolute atomic E-state index is 0.222. The molecule has 174 valence electrons. The molecule has 1 unspecified atom stereocenters. The van der Waals surface area contributed by atoms with E-state index in [4.69, 9.17) is 10.3 Å². The number of hydrogen-bond donors (Lipinski definition) is 3. The summed E-state index contributed by atoms with van der Waals surface area (Å²) in [6, 6.07) is 19.0. The van der Waals surface area contributed by atoms with Crippen molar-refractivity contribution in [1.82, 2.24) is 10.1 Å². The Kier molecular flexibility index (Phi) is 7.87. The van der Waals surface area contributed by atoms with Crippen LogP contribution < -0.4 is 16.1 Å². The van der Waals surface area contributed by atoms with E-state index >= 15 is 0 Å². The first-order chi connectivity index (χ1) is 16.5. The van der Waals surface area contributed by atoms with E-state index in [-0.39, 0.29) is 5.91 Å². The van der Waals surface area contributed by atoms with Crippen LogP contribution in [0.5, 0.6) is 0 Å². The Hall–Kier alpha value is -3.29. The lowest BCUT2D eigenvalue weighted by Crippen LogP contribution is -2.13. The van der Waals surface area contributed by atoms with E-state index in [9.17, 15) is 9.36 Å². The molecular formula is C25H25N4O3PS. The maximum absolute atomic E-state index is 12.8. The lowest BCUT2D eigenvalue weighted by Gasteiger charge is -2.12. The zero-order valence-corrected chi connectivity index (χ0v) is 20.4. The molecule has 4 rings (SSSR count). The molecule has 2 heterocycles. The average Bonchev–Trinajstić information content (AvgIpc) is 3.40. The van der Waals surface area contributed by atoms with E-state index in [1.807, 2.05) is 47.8 Å². The van der Waals surface area contributed by atoms with Gasteiger partial charge in [-0.2, -0.15) is 0 Å². The third kappa shape index (κ3) is 5.98. The molecule has 0 saturated carbocycles. The van der Waals surface area contributed by atoms with Gasteiger partial charge in [0, 0.05) is 36.5 Å². The number of nitrogens with one attached hydrogen (secondary N) is 2. The zero-order valence-electron chi connectivity index (χ0n) is 18.6. The smallest absolute Gasteiger partial charge is 0.258 e. The summed E-state index contributed by atoms with van der Waals surface area (Å²) in [4.78, 5) is 18.1. The lowest BCUT2D eigenvalue weighted by molar-refractivity contribution is 0.102. The van der Waals surface area contributed by atoms with Crippen molar-refractivity contribution in [3.8, 4) is 10.4 Å². The Labute approximate surface area is 202 Å². The molecule has 7 nitrogen and oxygen atoms in total. The fraction of sp³-hybridized carbons (Fsp3) is 0.120. The zero-order chi connectivity index (χ0) is 23.9. The Morgan fingerprint density at radius 3 is 2.68 bits per heavy atom. The number of benzene rings is 2. The maximum atomic E-state index is 12.8. The van der Waals surface area contributed by atoms with Gasteiger partial charge in [-0.05, 0) is 70.5 Å². The van der Waals surface area contributed by atoms with E-state index < -0.39 is 8.18 Å². The molecule has 0 saturated heterocycles. The van der Waals surface area contributed by atoms with Crippen LogP contribution in [-0.2, 0) is 22.1 Å². The molecule has 4 aromatic rings. The molecule has 0 aliphatic heterocycles. The van der Waals surface area contributed by atoms with Gasteiger partial charge >= 0.3 is 0 Å². The van der Waals surface area contributed by atoms with Crippen molar-refractivity contribution >= 4 is 36.8 Å². The van der Waals surface area contributed by atoms with Gasteiger partial charge < -0.3 is 15.6 Å². The van der Waals surface area contributed by atoms with Crippen LogP contribution in [0, 0.1) is 0 Å². The van der Waals surface area contributed by atoms with Crippen LogP contribution in [-0.4, -0.2) is 18.0 Å². The molecule has 0 bridgehead atoms. The van der Waals surface area contributed by atoms with Gasteiger partial charge in [0.25, 0.3) is 14.1 Å². The molecule has 1 amide bonds. The number of aromatic nitrogens is 1. The van der Waals surface area contributed by atoms with E-state index in [0.29, 0.717) is 29.9 Å².